The summed E-state index contributed by atoms with van der Waals surface area (Å²) in [5, 5.41) is 37.4. The number of hydrogen-bond donors (Lipinski definition) is 6. The number of ketones is 3. The van der Waals surface area contributed by atoms with E-state index < -0.39 is 6.29 Å². The van der Waals surface area contributed by atoms with Gasteiger partial charge in [0.1, 0.15) is 11.5 Å². The Morgan fingerprint density at radius 3 is 1.31 bits per heavy atom. The fraction of sp³-hybridized carbons (Fsp3) is 0.139. The van der Waals surface area contributed by atoms with E-state index in [9.17, 15) is 33.9 Å². The molecule has 22 heteroatoms. The predicted octanol–water partition coefficient (Wildman–Crippen LogP) is 9.15. The second-order valence-corrected chi connectivity index (χ2v) is 19.3. The van der Waals surface area contributed by atoms with Crippen LogP contribution in [0.1, 0.15) is 114 Å². The molecule has 0 saturated carbocycles. The van der Waals surface area contributed by atoms with Gasteiger partial charge in [0.05, 0.1) is 58.0 Å². The van der Waals surface area contributed by atoms with Crippen molar-refractivity contribution >= 4 is 42.0 Å². The van der Waals surface area contributed by atoms with Gasteiger partial charge in [-0.15, -0.1) is 0 Å². The van der Waals surface area contributed by atoms with Crippen LogP contribution in [0.15, 0.2) is 249 Å². The van der Waals surface area contributed by atoms with Crippen LogP contribution in [0.25, 0.3) is 0 Å². The minimum absolute atomic E-state index is 0.0347. The zero-order valence-corrected chi connectivity index (χ0v) is 50.8. The number of aldehydes is 2. The summed E-state index contributed by atoms with van der Waals surface area (Å²) in [4.78, 5) is 87.2. The monoisotopic (exact) mass is 1270 g/mol. The highest BCUT2D eigenvalue weighted by atomic mass is 16.7. The zero-order valence-electron chi connectivity index (χ0n) is 50.8. The van der Waals surface area contributed by atoms with Gasteiger partial charge in [-0.2, -0.15) is 5.10 Å². The molecule has 5 aromatic carbocycles. The summed E-state index contributed by atoms with van der Waals surface area (Å²) in [6.07, 6.45) is 19.1. The van der Waals surface area contributed by atoms with Crippen LogP contribution in [0.4, 0.5) is 0 Å². The topological polar surface area (TPSA) is 335 Å². The predicted molar refractivity (Wildman–Crippen MR) is 349 cm³/mol. The number of Topliss-reactive ketones (excluding diaryl/α,β-unsaturated/α-hetero) is 1. The Morgan fingerprint density at radius 2 is 0.840 bits per heavy atom. The number of carbonyl (C=O) groups is 6. The van der Waals surface area contributed by atoms with Crippen molar-refractivity contribution in [3.8, 4) is 11.5 Å². The van der Waals surface area contributed by atoms with E-state index in [1.165, 1.54) is 35.8 Å². The number of phenols is 2. The number of nitrogens with one attached hydrogen (secondary N) is 1. The summed E-state index contributed by atoms with van der Waals surface area (Å²) in [6, 6.07) is 52.7. The molecule has 22 nitrogen and oxygen atoms in total. The smallest absolute Gasteiger partial charge is 0.271 e. The molecule has 94 heavy (non-hydrogen) atoms. The van der Waals surface area contributed by atoms with Crippen molar-refractivity contribution in [2.45, 2.75) is 19.0 Å². The van der Waals surface area contributed by atoms with Crippen LogP contribution < -0.4 is 11.2 Å². The van der Waals surface area contributed by atoms with Gasteiger partial charge in [0, 0.05) is 118 Å². The number of benzene rings is 5. The normalized spacial score (nSPS) is 12.0. The number of carbonyl (C=O) groups excluding carboxylic acids is 6. The fourth-order valence-electron chi connectivity index (χ4n) is 8.32. The molecule has 12 rings (SSSR count). The second-order valence-electron chi connectivity index (χ2n) is 19.3. The molecule has 0 atom stereocenters. The first-order valence-electron chi connectivity index (χ1n) is 29.0. The maximum absolute atomic E-state index is 12.5. The fourth-order valence-corrected chi connectivity index (χ4v) is 8.32. The average Bonchev–Trinajstić information content (AvgIpc) is 1.50. The molecule has 480 valence electrons. The molecule has 2 aliphatic rings. The van der Waals surface area contributed by atoms with E-state index in [4.69, 9.17) is 40.0 Å². The van der Waals surface area contributed by atoms with E-state index in [1.807, 2.05) is 48.8 Å². The molecule has 0 aliphatic carbocycles. The molecule has 0 spiro atoms. The Hall–Kier alpha value is -11.3. The number of pyridine rings is 5. The first-order valence-corrected chi connectivity index (χ1v) is 29.0. The number of phenolic OH excluding ortho intramolecular Hbond substituents is 2. The molecule has 2 fully saturated rings. The van der Waals surface area contributed by atoms with Crippen molar-refractivity contribution in [3.63, 3.8) is 0 Å². The third kappa shape index (κ3) is 23.8. The zero-order chi connectivity index (χ0) is 67.0. The van der Waals surface area contributed by atoms with Gasteiger partial charge in [0.15, 0.2) is 42.5 Å². The second kappa shape index (κ2) is 41.1. The first kappa shape index (κ1) is 71.7. The van der Waals surface area contributed by atoms with Crippen LogP contribution in [0, 0.1) is 0 Å². The van der Waals surface area contributed by atoms with Crippen LogP contribution in [0.3, 0.4) is 0 Å². The quantitative estimate of drug-likeness (QED) is 0.0227. The molecule has 7 heterocycles. The molecule has 2 aliphatic heterocycles. The van der Waals surface area contributed by atoms with Crippen molar-refractivity contribution in [2.24, 2.45) is 10.8 Å². The number of aliphatic hydroxyl groups excluding tert-OH is 2. The average molecular weight is 1270 g/mol. The first-order chi connectivity index (χ1) is 46.0. The van der Waals surface area contributed by atoms with Crippen LogP contribution >= 0.6 is 0 Å². The molecule has 10 aromatic rings. The number of hydrazone groups is 1. The van der Waals surface area contributed by atoms with Gasteiger partial charge in [-0.05, 0) is 102 Å². The lowest BCUT2D eigenvalue weighted by atomic mass is 9.99. The highest BCUT2D eigenvalue weighted by Gasteiger charge is 2.25. The Morgan fingerprint density at radius 1 is 0.457 bits per heavy atom. The molecule has 7 N–H and O–H groups in total. The highest BCUT2D eigenvalue weighted by molar-refractivity contribution is 6.12. The van der Waals surface area contributed by atoms with Gasteiger partial charge >= 0.3 is 0 Å². The number of nitrogens with zero attached hydrogens (tertiary/aromatic N) is 6. The van der Waals surface area contributed by atoms with Crippen LogP contribution in [-0.4, -0.2) is 134 Å². The van der Waals surface area contributed by atoms with Crippen LogP contribution in [0.2, 0.25) is 0 Å². The van der Waals surface area contributed by atoms with E-state index in [-0.39, 0.29) is 60.8 Å². The minimum atomic E-state index is -0.443. The minimum Gasteiger partial charge on any atom is -0.507 e. The summed E-state index contributed by atoms with van der Waals surface area (Å²) >= 11 is 0. The molecule has 2 saturated heterocycles. The van der Waals surface area contributed by atoms with Crippen molar-refractivity contribution in [3.05, 3.63) is 316 Å². The molecule has 0 bridgehead atoms. The molecular weight excluding hydrogens is 1200 g/mol. The van der Waals surface area contributed by atoms with Crippen molar-refractivity contribution < 1.29 is 68.1 Å². The van der Waals surface area contributed by atoms with Gasteiger partial charge in [-0.1, -0.05) is 97.1 Å². The maximum atomic E-state index is 12.5. The van der Waals surface area contributed by atoms with Gasteiger partial charge in [-0.25, -0.2) is 5.43 Å². The Kier molecular flexibility index (Phi) is 31.4. The van der Waals surface area contributed by atoms with E-state index in [0.717, 1.165) is 17.5 Å². The van der Waals surface area contributed by atoms with Gasteiger partial charge in [0.25, 0.3) is 5.91 Å². The van der Waals surface area contributed by atoms with Gasteiger partial charge < -0.3 is 45.1 Å². The lowest BCUT2D eigenvalue weighted by Crippen LogP contribution is -2.17. The molecule has 0 radical (unpaired) electrons. The summed E-state index contributed by atoms with van der Waals surface area (Å²) in [5.74, 6) is -0.444. The number of amides is 1. The Balaban J connectivity index is 0.000000180. The third-order valence-electron chi connectivity index (χ3n) is 13.0. The van der Waals surface area contributed by atoms with E-state index in [2.05, 4.69) is 53.6 Å². The van der Waals surface area contributed by atoms with Crippen molar-refractivity contribution in [1.29, 1.82) is 0 Å². The van der Waals surface area contributed by atoms with Crippen LogP contribution in [-0.2, 0) is 25.4 Å². The van der Waals surface area contributed by atoms with E-state index in [1.54, 1.807) is 159 Å². The molecule has 5 aromatic heterocycles. The SMILES string of the molecule is NCC(=O)c1ccncc1.O=C(N/N=C/c1ccccc1O)c1ccncc1.O=C(c1ccncc1)c1ccccc1C1OCCO1.O=Cc1ccccc1C(=O)c1ccncc1.O=Cc1ccccc1O.OCCO.c1ccc(C2OCCO2)c(Cc2ccncc2)c1. The maximum Gasteiger partial charge on any atom is 0.271 e. The van der Waals surface area contributed by atoms with Gasteiger partial charge in [0.2, 0.25) is 0 Å². The number of aromatic hydroxyl groups is 2. The molecular formula is C72H68N8O14. The number of rotatable bonds is 16. The lowest BCUT2D eigenvalue weighted by molar-refractivity contribution is -0.0447. The standard InChI is InChI=1S/C15H13NO3.C15H15NO2.C13H11N3O2.C13H9NO2.C7H8N2O.C7H6O2.C2H6O2/c17-14(11-5-7-16-8-6-11)12-3-1-2-4-13(12)15-18-9-10-19-15;1-2-4-14(15-17-9-10-18-15)13(3-1)11-12-5-7-16-8-6-12;17-12-4-2-1-3-11(12)9-15-16-13(18)10-5-7-14-8-6-10;15-9-11-3-1-2-4-12(11)13(16)10-5-7-14-8-6-10;8-5-7(10)6-1-3-9-4-2-6;8-5-6-3-1-2-4-7(6)9;3-1-2-4/h1-8,15H,9-10H2;1-8,15H,9-11H2;1-9,17H,(H,16,18);1-9H;1-4H,5,8H2;1-5,9H;3-4H,1-2H2/b;;15-9+;;;;. The number of para-hydroxylation sites is 2. The van der Waals surface area contributed by atoms with Crippen molar-refractivity contribution in [2.75, 3.05) is 46.2 Å². The number of hydrogen-bond acceptors (Lipinski definition) is 21. The van der Waals surface area contributed by atoms with Gasteiger partial charge in [-0.3, -0.25) is 53.7 Å². The largest absolute Gasteiger partial charge is 0.507 e. The Labute approximate surface area is 542 Å². The van der Waals surface area contributed by atoms with E-state index in [0.29, 0.717) is 89.1 Å². The molecule has 0 unspecified atom stereocenters. The van der Waals surface area contributed by atoms with Crippen LogP contribution in [0.5, 0.6) is 11.5 Å². The number of aliphatic hydroxyl groups is 2. The summed E-state index contributed by atoms with van der Waals surface area (Å²) in [5.41, 5.74) is 16.4. The van der Waals surface area contributed by atoms with Crippen molar-refractivity contribution in [1.82, 2.24) is 30.3 Å². The lowest BCUT2D eigenvalue weighted by Gasteiger charge is -2.14. The third-order valence-corrected chi connectivity index (χ3v) is 13.0. The Bertz CT molecular complexity index is 3940. The number of ether oxygens (including phenoxy) is 4. The highest BCUT2D eigenvalue weighted by Crippen LogP contribution is 2.29. The number of aromatic nitrogens is 5. The number of nitrogens with two attached hydrogens (primary N) is 1. The summed E-state index contributed by atoms with van der Waals surface area (Å²) in [6.45, 7) is 2.28. The molecule has 1 amide bonds. The summed E-state index contributed by atoms with van der Waals surface area (Å²) < 4.78 is 22.1. The van der Waals surface area contributed by atoms with E-state index >= 15 is 0 Å². The summed E-state index contributed by atoms with van der Waals surface area (Å²) in [7, 11) is 0.